The number of oxazole rings is 1. The molecule has 1 N–H and O–H groups in total. The SMILES string of the molecule is CC(C)CNCc1coc(OCc2ccccc2F)n1. The van der Waals surface area contributed by atoms with Crippen LogP contribution in [0.4, 0.5) is 4.39 Å². The monoisotopic (exact) mass is 278 g/mol. The van der Waals surface area contributed by atoms with E-state index in [1.54, 1.807) is 24.5 Å². The van der Waals surface area contributed by atoms with Crippen LogP contribution in [0.15, 0.2) is 34.9 Å². The van der Waals surface area contributed by atoms with Gasteiger partial charge >= 0.3 is 6.08 Å². The number of nitrogens with one attached hydrogen (secondary N) is 1. The summed E-state index contributed by atoms with van der Waals surface area (Å²) in [4.78, 5) is 4.18. The highest BCUT2D eigenvalue weighted by Crippen LogP contribution is 2.14. The zero-order chi connectivity index (χ0) is 14.4. The normalized spacial score (nSPS) is 11.0. The Labute approximate surface area is 118 Å². The summed E-state index contributed by atoms with van der Waals surface area (Å²) in [6.07, 6.45) is 1.71. The lowest BCUT2D eigenvalue weighted by Gasteiger charge is -2.04. The summed E-state index contributed by atoms with van der Waals surface area (Å²) in [5.41, 5.74) is 1.25. The Balaban J connectivity index is 1.82. The summed E-state index contributed by atoms with van der Waals surface area (Å²) in [7, 11) is 0. The van der Waals surface area contributed by atoms with E-state index in [0.29, 0.717) is 18.0 Å². The fourth-order valence-corrected chi connectivity index (χ4v) is 1.68. The Morgan fingerprint density at radius 3 is 2.90 bits per heavy atom. The second-order valence-electron chi connectivity index (χ2n) is 5.01. The van der Waals surface area contributed by atoms with Crippen molar-refractivity contribution in [1.29, 1.82) is 0 Å². The molecule has 4 nitrogen and oxygen atoms in total. The number of benzene rings is 1. The van der Waals surface area contributed by atoms with E-state index < -0.39 is 0 Å². The van der Waals surface area contributed by atoms with Crippen LogP contribution < -0.4 is 10.1 Å². The van der Waals surface area contributed by atoms with Gasteiger partial charge in [0.25, 0.3) is 0 Å². The number of ether oxygens (including phenoxy) is 1. The first-order valence-electron chi connectivity index (χ1n) is 6.66. The van der Waals surface area contributed by atoms with Crippen molar-refractivity contribution in [3.05, 3.63) is 47.6 Å². The van der Waals surface area contributed by atoms with Gasteiger partial charge in [-0.1, -0.05) is 32.0 Å². The van der Waals surface area contributed by atoms with Crippen LogP contribution in [-0.2, 0) is 13.2 Å². The second-order valence-corrected chi connectivity index (χ2v) is 5.01. The largest absolute Gasteiger partial charge is 0.445 e. The molecule has 0 spiro atoms. The van der Waals surface area contributed by atoms with Crippen LogP contribution in [-0.4, -0.2) is 11.5 Å². The molecule has 0 unspecified atom stereocenters. The molecule has 108 valence electrons. The fraction of sp³-hybridized carbons (Fsp3) is 0.400. The maximum absolute atomic E-state index is 13.4. The van der Waals surface area contributed by atoms with Gasteiger partial charge in [-0.2, -0.15) is 4.98 Å². The molecule has 0 saturated heterocycles. The molecule has 0 fully saturated rings. The van der Waals surface area contributed by atoms with E-state index in [1.807, 2.05) is 0 Å². The molecule has 5 heteroatoms. The van der Waals surface area contributed by atoms with Crippen molar-refractivity contribution in [2.45, 2.75) is 27.0 Å². The third-order valence-corrected chi connectivity index (χ3v) is 2.70. The third-order valence-electron chi connectivity index (χ3n) is 2.70. The van der Waals surface area contributed by atoms with Crippen molar-refractivity contribution in [3.8, 4) is 6.08 Å². The third kappa shape index (κ3) is 4.35. The van der Waals surface area contributed by atoms with Gasteiger partial charge in [-0.3, -0.25) is 0 Å². The summed E-state index contributed by atoms with van der Waals surface area (Å²) in [6, 6.07) is 6.47. The maximum Gasteiger partial charge on any atom is 0.394 e. The lowest BCUT2D eigenvalue weighted by Crippen LogP contribution is -2.19. The van der Waals surface area contributed by atoms with Crippen LogP contribution in [0.5, 0.6) is 6.08 Å². The van der Waals surface area contributed by atoms with E-state index in [9.17, 15) is 4.39 Å². The summed E-state index contributed by atoms with van der Waals surface area (Å²) in [6.45, 7) is 5.92. The average Bonchev–Trinajstić information content (AvgIpc) is 2.85. The fourth-order valence-electron chi connectivity index (χ4n) is 1.68. The highest BCUT2D eigenvalue weighted by Gasteiger charge is 2.07. The van der Waals surface area contributed by atoms with E-state index in [1.165, 1.54) is 6.07 Å². The van der Waals surface area contributed by atoms with Crippen LogP contribution in [0.3, 0.4) is 0 Å². The van der Waals surface area contributed by atoms with Gasteiger partial charge in [0.1, 0.15) is 18.7 Å². The number of nitrogens with zero attached hydrogens (tertiary/aromatic N) is 1. The van der Waals surface area contributed by atoms with E-state index in [2.05, 4.69) is 24.1 Å². The first-order chi connectivity index (χ1) is 9.65. The van der Waals surface area contributed by atoms with Gasteiger partial charge in [-0.25, -0.2) is 4.39 Å². The van der Waals surface area contributed by atoms with Crippen molar-refractivity contribution in [2.75, 3.05) is 6.54 Å². The smallest absolute Gasteiger partial charge is 0.394 e. The Bertz CT molecular complexity index is 540. The van der Waals surface area contributed by atoms with Crippen molar-refractivity contribution in [2.24, 2.45) is 5.92 Å². The van der Waals surface area contributed by atoms with Gasteiger partial charge in [0.15, 0.2) is 0 Å². The number of hydrogen-bond donors (Lipinski definition) is 1. The Hall–Kier alpha value is -1.88. The summed E-state index contributed by atoms with van der Waals surface area (Å²) >= 11 is 0. The van der Waals surface area contributed by atoms with Gasteiger partial charge in [-0.05, 0) is 18.5 Å². The molecule has 0 aliphatic rings. The standard InChI is InChI=1S/C15H19FN2O2/c1-11(2)7-17-8-13-10-20-15(18-13)19-9-12-5-3-4-6-14(12)16/h3-6,10-11,17H,7-9H2,1-2H3. The zero-order valence-corrected chi connectivity index (χ0v) is 11.7. The van der Waals surface area contributed by atoms with E-state index in [0.717, 1.165) is 12.2 Å². The maximum atomic E-state index is 13.4. The highest BCUT2D eigenvalue weighted by molar-refractivity contribution is 5.16. The van der Waals surface area contributed by atoms with Gasteiger partial charge in [0.2, 0.25) is 0 Å². The quantitative estimate of drug-likeness (QED) is 0.845. The van der Waals surface area contributed by atoms with Gasteiger partial charge in [0, 0.05) is 12.1 Å². The van der Waals surface area contributed by atoms with Crippen LogP contribution in [0.2, 0.25) is 0 Å². The number of hydrogen-bond acceptors (Lipinski definition) is 4. The molecule has 0 radical (unpaired) electrons. The van der Waals surface area contributed by atoms with Gasteiger partial charge in [0.05, 0.1) is 5.69 Å². The Kier molecular flexibility index (Phi) is 5.12. The van der Waals surface area contributed by atoms with Crippen molar-refractivity contribution in [1.82, 2.24) is 10.3 Å². The Morgan fingerprint density at radius 2 is 2.15 bits per heavy atom. The van der Waals surface area contributed by atoms with Crippen LogP contribution >= 0.6 is 0 Å². The minimum Gasteiger partial charge on any atom is -0.445 e. The van der Waals surface area contributed by atoms with Gasteiger partial charge in [-0.15, -0.1) is 0 Å². The van der Waals surface area contributed by atoms with Gasteiger partial charge < -0.3 is 14.5 Å². The number of halogens is 1. The molecular weight excluding hydrogens is 259 g/mol. The predicted octanol–water partition coefficient (Wildman–Crippen LogP) is 3.14. The lowest BCUT2D eigenvalue weighted by atomic mass is 10.2. The summed E-state index contributed by atoms with van der Waals surface area (Å²) < 4.78 is 23.9. The molecule has 2 aromatic rings. The predicted molar refractivity (Wildman–Crippen MR) is 73.8 cm³/mol. The van der Waals surface area contributed by atoms with E-state index in [4.69, 9.17) is 9.15 Å². The molecule has 0 saturated carbocycles. The van der Waals surface area contributed by atoms with Crippen LogP contribution in [0.25, 0.3) is 0 Å². The molecular formula is C15H19FN2O2. The zero-order valence-electron chi connectivity index (χ0n) is 11.7. The Morgan fingerprint density at radius 1 is 1.35 bits per heavy atom. The van der Waals surface area contributed by atoms with E-state index in [-0.39, 0.29) is 18.5 Å². The highest BCUT2D eigenvalue weighted by atomic mass is 19.1. The molecule has 0 aliphatic heterocycles. The minimum atomic E-state index is -0.294. The van der Waals surface area contributed by atoms with Crippen molar-refractivity contribution < 1.29 is 13.5 Å². The first kappa shape index (κ1) is 14.5. The second kappa shape index (κ2) is 7.05. The molecule has 0 bridgehead atoms. The molecule has 20 heavy (non-hydrogen) atoms. The lowest BCUT2D eigenvalue weighted by molar-refractivity contribution is 0.217. The molecule has 1 aromatic carbocycles. The molecule has 0 amide bonds. The minimum absolute atomic E-state index is 0.103. The molecule has 2 rings (SSSR count). The molecule has 0 aliphatic carbocycles. The molecule has 0 atom stereocenters. The topological polar surface area (TPSA) is 47.3 Å². The number of aromatic nitrogens is 1. The van der Waals surface area contributed by atoms with Crippen molar-refractivity contribution in [3.63, 3.8) is 0 Å². The molecule has 1 aromatic heterocycles. The van der Waals surface area contributed by atoms with Crippen LogP contribution in [0.1, 0.15) is 25.1 Å². The number of rotatable bonds is 7. The van der Waals surface area contributed by atoms with E-state index >= 15 is 0 Å². The van der Waals surface area contributed by atoms with Crippen LogP contribution in [0, 0.1) is 11.7 Å². The first-order valence-corrected chi connectivity index (χ1v) is 6.66. The summed E-state index contributed by atoms with van der Waals surface area (Å²) in [5, 5.41) is 3.26. The van der Waals surface area contributed by atoms with Crippen molar-refractivity contribution >= 4 is 0 Å². The summed E-state index contributed by atoms with van der Waals surface area (Å²) in [5.74, 6) is 0.288. The average molecular weight is 278 g/mol. The molecule has 1 heterocycles.